The maximum Gasteiger partial charge on any atom is 0.346 e. The maximum atomic E-state index is 11.0. The van der Waals surface area contributed by atoms with Gasteiger partial charge in [0.05, 0.1) is 13.2 Å². The summed E-state index contributed by atoms with van der Waals surface area (Å²) in [6, 6.07) is 0. The highest BCUT2D eigenvalue weighted by Crippen LogP contribution is 2.36. The van der Waals surface area contributed by atoms with Crippen molar-refractivity contribution in [3.8, 4) is 0 Å². The smallest absolute Gasteiger partial charge is 0.346 e. The molecular formula is C6H14O4P2+2. The third-order valence-corrected chi connectivity index (χ3v) is 4.90. The van der Waals surface area contributed by atoms with Gasteiger partial charge in [0, 0.05) is 0 Å². The number of rotatable bonds is 5. The van der Waals surface area contributed by atoms with Crippen molar-refractivity contribution in [2.45, 2.75) is 11.3 Å². The summed E-state index contributed by atoms with van der Waals surface area (Å²) < 4.78 is 22.1. The minimum absolute atomic E-state index is 0.286. The molecule has 0 aromatic rings. The zero-order chi connectivity index (χ0) is 9.72. The van der Waals surface area contributed by atoms with E-state index in [9.17, 15) is 9.13 Å². The molecule has 0 aromatic heterocycles. The molecule has 0 radical (unpaired) electrons. The van der Waals surface area contributed by atoms with Gasteiger partial charge in [-0.25, -0.2) is 0 Å². The molecule has 70 valence electrons. The summed E-state index contributed by atoms with van der Waals surface area (Å²) >= 11 is 0. The lowest BCUT2D eigenvalue weighted by Gasteiger charge is -2.03. The zero-order valence-electron chi connectivity index (χ0n) is 7.17. The molecule has 4 nitrogen and oxygen atoms in total. The summed E-state index contributed by atoms with van der Waals surface area (Å²) in [4.78, 5) is 0. The lowest BCUT2D eigenvalue weighted by Crippen LogP contribution is -2.26. The SMILES string of the molecule is C[P+](=O)C(CO)C(CO)[P+](C)=O. The molecule has 4 unspecified atom stereocenters. The Hall–Kier alpha value is 0.120. The van der Waals surface area contributed by atoms with Crippen LogP contribution in [0.15, 0.2) is 0 Å². The average molecular weight is 212 g/mol. The lowest BCUT2D eigenvalue weighted by atomic mass is 10.3. The van der Waals surface area contributed by atoms with E-state index in [1.165, 1.54) is 13.3 Å². The highest BCUT2D eigenvalue weighted by atomic mass is 31.1. The summed E-state index contributed by atoms with van der Waals surface area (Å²) in [5.41, 5.74) is -1.09. The molecule has 0 rings (SSSR count). The lowest BCUT2D eigenvalue weighted by molar-refractivity contribution is 0.247. The largest absolute Gasteiger partial charge is 0.391 e. The van der Waals surface area contributed by atoms with Crippen molar-refractivity contribution >= 4 is 15.6 Å². The van der Waals surface area contributed by atoms with E-state index in [-0.39, 0.29) is 13.2 Å². The van der Waals surface area contributed by atoms with E-state index in [2.05, 4.69) is 0 Å². The van der Waals surface area contributed by atoms with Crippen LogP contribution in [-0.4, -0.2) is 48.1 Å². The van der Waals surface area contributed by atoms with Gasteiger partial charge in [-0.1, -0.05) is 9.13 Å². The Labute approximate surface area is 73.6 Å². The number of hydrogen-bond donors (Lipinski definition) is 2. The molecule has 0 saturated carbocycles. The minimum Gasteiger partial charge on any atom is -0.391 e. The first kappa shape index (κ1) is 12.1. The summed E-state index contributed by atoms with van der Waals surface area (Å²) in [5.74, 6) is 0. The fourth-order valence-electron chi connectivity index (χ4n) is 0.958. The van der Waals surface area contributed by atoms with Crippen molar-refractivity contribution in [2.24, 2.45) is 0 Å². The van der Waals surface area contributed by atoms with E-state index in [0.717, 1.165) is 0 Å². The standard InChI is InChI=1S/C6H14O4P2/c1-11(9)5(3-7)6(4-8)12(2)10/h5-8H,3-4H2,1-2H3/q+2. The molecule has 0 amide bonds. The Kier molecular flexibility index (Phi) is 5.77. The van der Waals surface area contributed by atoms with E-state index in [1.54, 1.807) is 0 Å². The second kappa shape index (κ2) is 5.71. The molecule has 0 aliphatic heterocycles. The molecule has 0 spiro atoms. The Morgan fingerprint density at radius 3 is 1.33 bits per heavy atom. The Morgan fingerprint density at radius 1 is 1.00 bits per heavy atom. The highest BCUT2D eigenvalue weighted by molar-refractivity contribution is 7.49. The summed E-state index contributed by atoms with van der Waals surface area (Å²) in [7, 11) is -3.17. The monoisotopic (exact) mass is 212 g/mol. The van der Waals surface area contributed by atoms with Crippen molar-refractivity contribution in [2.75, 3.05) is 26.5 Å². The molecule has 0 heterocycles. The van der Waals surface area contributed by atoms with Gasteiger partial charge >= 0.3 is 15.6 Å². The van der Waals surface area contributed by atoms with Crippen molar-refractivity contribution in [1.82, 2.24) is 0 Å². The molecule has 0 bridgehead atoms. The van der Waals surface area contributed by atoms with Crippen LogP contribution < -0.4 is 0 Å². The van der Waals surface area contributed by atoms with Crippen LogP contribution in [-0.2, 0) is 9.13 Å². The average Bonchev–Trinajstić information content (AvgIpc) is 1.98. The molecule has 12 heavy (non-hydrogen) atoms. The Balaban J connectivity index is 4.44. The molecular weight excluding hydrogens is 198 g/mol. The summed E-state index contributed by atoms with van der Waals surface area (Å²) in [6.45, 7) is 2.37. The quantitative estimate of drug-likeness (QED) is 0.655. The van der Waals surface area contributed by atoms with Crippen LogP contribution in [0.2, 0.25) is 0 Å². The van der Waals surface area contributed by atoms with Gasteiger partial charge in [0.2, 0.25) is 11.3 Å². The second-order valence-corrected chi connectivity index (χ2v) is 6.10. The topological polar surface area (TPSA) is 74.6 Å². The molecule has 6 heteroatoms. The van der Waals surface area contributed by atoms with Gasteiger partial charge in [-0.05, 0) is 0 Å². The fraction of sp³-hybridized carbons (Fsp3) is 1.00. The Bertz CT molecular complexity index is 162. The predicted octanol–water partition coefficient (Wildman–Crippen LogP) is 0.623. The predicted molar refractivity (Wildman–Crippen MR) is 48.8 cm³/mol. The third-order valence-electron chi connectivity index (χ3n) is 1.75. The van der Waals surface area contributed by atoms with Crippen LogP contribution in [0.25, 0.3) is 0 Å². The Morgan fingerprint density at radius 2 is 1.25 bits per heavy atom. The van der Waals surface area contributed by atoms with Crippen molar-refractivity contribution in [1.29, 1.82) is 0 Å². The van der Waals surface area contributed by atoms with E-state index < -0.39 is 26.9 Å². The van der Waals surface area contributed by atoms with Crippen molar-refractivity contribution in [3.05, 3.63) is 0 Å². The first-order valence-corrected chi connectivity index (χ1v) is 7.11. The van der Waals surface area contributed by atoms with Gasteiger partial charge in [-0.2, -0.15) is 0 Å². The minimum atomic E-state index is -1.59. The van der Waals surface area contributed by atoms with Crippen LogP contribution in [0.5, 0.6) is 0 Å². The molecule has 0 fully saturated rings. The van der Waals surface area contributed by atoms with Crippen LogP contribution in [0.3, 0.4) is 0 Å². The van der Waals surface area contributed by atoms with Crippen LogP contribution >= 0.6 is 15.6 Å². The van der Waals surface area contributed by atoms with Crippen LogP contribution in [0, 0.1) is 0 Å². The molecule has 0 saturated heterocycles. The third kappa shape index (κ3) is 3.24. The first-order valence-electron chi connectivity index (χ1n) is 3.56. The summed E-state index contributed by atoms with van der Waals surface area (Å²) in [5, 5.41) is 17.6. The molecule has 0 aliphatic rings. The fourth-order valence-corrected chi connectivity index (χ4v) is 3.70. The van der Waals surface area contributed by atoms with Gasteiger partial charge in [0.25, 0.3) is 0 Å². The van der Waals surface area contributed by atoms with E-state index >= 15 is 0 Å². The number of aliphatic hydroxyl groups is 2. The first-order chi connectivity index (χ1) is 5.54. The molecule has 0 aliphatic carbocycles. The number of hydrogen-bond acceptors (Lipinski definition) is 4. The van der Waals surface area contributed by atoms with Gasteiger partial charge < -0.3 is 10.2 Å². The van der Waals surface area contributed by atoms with Crippen molar-refractivity contribution in [3.63, 3.8) is 0 Å². The molecule has 4 atom stereocenters. The van der Waals surface area contributed by atoms with Gasteiger partial charge in [0.15, 0.2) is 0 Å². The van der Waals surface area contributed by atoms with E-state index in [0.29, 0.717) is 0 Å². The zero-order valence-corrected chi connectivity index (χ0v) is 8.96. The second-order valence-electron chi connectivity index (χ2n) is 2.59. The van der Waals surface area contributed by atoms with Gasteiger partial charge in [-0.15, -0.1) is 0 Å². The van der Waals surface area contributed by atoms with E-state index in [1.807, 2.05) is 0 Å². The summed E-state index contributed by atoms with van der Waals surface area (Å²) in [6.07, 6.45) is 0. The highest BCUT2D eigenvalue weighted by Gasteiger charge is 2.43. The molecule has 2 N–H and O–H groups in total. The van der Waals surface area contributed by atoms with Crippen molar-refractivity contribution < 1.29 is 19.3 Å². The number of aliphatic hydroxyl groups excluding tert-OH is 2. The maximum absolute atomic E-state index is 11.0. The molecule has 0 aromatic carbocycles. The van der Waals surface area contributed by atoms with E-state index in [4.69, 9.17) is 10.2 Å². The van der Waals surface area contributed by atoms with Crippen LogP contribution in [0.4, 0.5) is 0 Å². The van der Waals surface area contributed by atoms with Gasteiger partial charge in [-0.3, -0.25) is 0 Å². The van der Waals surface area contributed by atoms with Crippen LogP contribution in [0.1, 0.15) is 0 Å². The normalized spacial score (nSPS) is 18.3. The van der Waals surface area contributed by atoms with Gasteiger partial charge in [0.1, 0.15) is 13.3 Å².